The molecule has 1 saturated heterocycles. The van der Waals surface area contributed by atoms with Crippen molar-refractivity contribution in [3.8, 4) is 0 Å². The molecule has 34 heavy (non-hydrogen) atoms. The summed E-state index contributed by atoms with van der Waals surface area (Å²) in [6, 6.07) is 8.11. The van der Waals surface area contributed by atoms with Crippen molar-refractivity contribution in [1.82, 2.24) is 25.3 Å². The van der Waals surface area contributed by atoms with Gasteiger partial charge in [0, 0.05) is 37.9 Å². The number of nitrogens with zero attached hydrogens (tertiary/aromatic N) is 4. The number of rotatable bonds is 5. The van der Waals surface area contributed by atoms with E-state index in [0.717, 1.165) is 37.9 Å². The zero-order valence-electron chi connectivity index (χ0n) is 17.7. The van der Waals surface area contributed by atoms with Gasteiger partial charge in [-0.3, -0.25) is 0 Å². The second-order valence-electron chi connectivity index (χ2n) is 7.75. The molecule has 4 aromatic rings. The number of alkyl halides is 3. The third-order valence-corrected chi connectivity index (χ3v) is 5.39. The minimum Gasteiger partial charge on any atom is -0.368 e. The number of anilines is 5. The Balaban J connectivity index is 1.30. The monoisotopic (exact) mass is 472 g/mol. The maximum atomic E-state index is 13.5. The molecule has 0 saturated carbocycles. The first-order chi connectivity index (χ1) is 16.3. The van der Waals surface area contributed by atoms with E-state index in [1.807, 2.05) is 12.1 Å². The van der Waals surface area contributed by atoms with Gasteiger partial charge in [-0.15, -0.1) is 0 Å². The van der Waals surface area contributed by atoms with Crippen LogP contribution in [0.4, 0.5) is 46.5 Å². The highest BCUT2D eigenvalue weighted by atomic mass is 19.4. The molecule has 0 amide bonds. The smallest absolute Gasteiger partial charge is 0.368 e. The Kier molecular flexibility index (Phi) is 5.65. The molecule has 1 aliphatic rings. The maximum absolute atomic E-state index is 13.5. The first kappa shape index (κ1) is 21.9. The van der Waals surface area contributed by atoms with Gasteiger partial charge >= 0.3 is 6.18 Å². The van der Waals surface area contributed by atoms with Crippen molar-refractivity contribution in [2.24, 2.45) is 0 Å². The number of imidazole rings is 1. The highest BCUT2D eigenvalue weighted by Gasteiger charge is 2.34. The molecule has 12 heteroatoms. The molecule has 1 aliphatic heterocycles. The van der Waals surface area contributed by atoms with Crippen molar-refractivity contribution in [3.63, 3.8) is 0 Å². The van der Waals surface area contributed by atoms with Gasteiger partial charge in [0.25, 0.3) is 0 Å². The van der Waals surface area contributed by atoms with Crippen LogP contribution in [0.5, 0.6) is 0 Å². The average Bonchev–Trinajstić information content (AvgIpc) is 3.22. The zero-order valence-corrected chi connectivity index (χ0v) is 17.7. The first-order valence-electron chi connectivity index (χ1n) is 10.5. The molecule has 0 radical (unpaired) electrons. The lowest BCUT2D eigenvalue weighted by Crippen LogP contribution is -2.43. The van der Waals surface area contributed by atoms with Crippen molar-refractivity contribution in [2.45, 2.75) is 6.18 Å². The van der Waals surface area contributed by atoms with Gasteiger partial charge in [-0.25, -0.2) is 19.3 Å². The van der Waals surface area contributed by atoms with Gasteiger partial charge in [-0.2, -0.15) is 13.2 Å². The number of halogens is 4. The minimum atomic E-state index is -4.79. The lowest BCUT2D eigenvalue weighted by molar-refractivity contribution is -0.139. The summed E-state index contributed by atoms with van der Waals surface area (Å²) in [6.07, 6.45) is -1.48. The summed E-state index contributed by atoms with van der Waals surface area (Å²) >= 11 is 0. The number of aromatic nitrogens is 4. The van der Waals surface area contributed by atoms with Crippen LogP contribution in [0.15, 0.2) is 48.8 Å². The van der Waals surface area contributed by atoms with E-state index in [4.69, 9.17) is 0 Å². The number of hydrogen-bond acceptors (Lipinski definition) is 7. The fraction of sp³-hybridized carbons (Fsp3) is 0.227. The molecular formula is C22H20F4N8. The van der Waals surface area contributed by atoms with Crippen molar-refractivity contribution in [1.29, 1.82) is 0 Å². The molecule has 8 nitrogen and oxygen atoms in total. The number of fused-ring (bicyclic) bond motifs is 1. The minimum absolute atomic E-state index is 0.0586. The normalized spacial score (nSPS) is 14.4. The molecule has 0 aliphatic carbocycles. The van der Waals surface area contributed by atoms with Crippen molar-refractivity contribution in [3.05, 3.63) is 60.2 Å². The highest BCUT2D eigenvalue weighted by Crippen LogP contribution is 2.33. The van der Waals surface area contributed by atoms with Crippen LogP contribution in [0.25, 0.3) is 11.0 Å². The van der Waals surface area contributed by atoms with Crippen LogP contribution in [0, 0.1) is 5.82 Å². The van der Waals surface area contributed by atoms with Gasteiger partial charge in [-0.05, 0) is 30.3 Å². The van der Waals surface area contributed by atoms with Gasteiger partial charge in [-0.1, -0.05) is 0 Å². The third kappa shape index (κ3) is 4.71. The SMILES string of the molecule is Fc1ccc(Nc2cc3nc(Nc4ccc(N5CCNCC5)cn4)[nH]c3cn2)cc1C(F)(F)F. The van der Waals surface area contributed by atoms with Crippen molar-refractivity contribution >= 4 is 40.0 Å². The highest BCUT2D eigenvalue weighted by molar-refractivity contribution is 5.80. The topological polar surface area (TPSA) is 93.8 Å². The van der Waals surface area contributed by atoms with Crippen LogP contribution in [-0.4, -0.2) is 46.1 Å². The number of benzene rings is 1. The molecule has 1 aromatic carbocycles. The van der Waals surface area contributed by atoms with E-state index in [-0.39, 0.29) is 11.5 Å². The van der Waals surface area contributed by atoms with Crippen LogP contribution in [0.1, 0.15) is 5.56 Å². The molecule has 3 aromatic heterocycles. The molecule has 0 bridgehead atoms. The number of piperazine rings is 1. The molecule has 0 unspecified atom stereocenters. The molecule has 0 spiro atoms. The summed E-state index contributed by atoms with van der Waals surface area (Å²) in [5, 5.41) is 9.17. The van der Waals surface area contributed by atoms with E-state index in [1.165, 1.54) is 12.3 Å². The summed E-state index contributed by atoms with van der Waals surface area (Å²) in [7, 11) is 0. The van der Waals surface area contributed by atoms with Crippen LogP contribution >= 0.6 is 0 Å². The number of H-pyrrole nitrogens is 1. The predicted octanol–water partition coefficient (Wildman–Crippen LogP) is 4.41. The van der Waals surface area contributed by atoms with Crippen LogP contribution < -0.4 is 20.9 Å². The van der Waals surface area contributed by atoms with Crippen LogP contribution in [-0.2, 0) is 6.18 Å². The lowest BCUT2D eigenvalue weighted by atomic mass is 10.2. The Morgan fingerprint density at radius 3 is 2.44 bits per heavy atom. The quantitative estimate of drug-likeness (QED) is 0.320. The van der Waals surface area contributed by atoms with Crippen LogP contribution in [0.2, 0.25) is 0 Å². The lowest BCUT2D eigenvalue weighted by Gasteiger charge is -2.29. The second-order valence-corrected chi connectivity index (χ2v) is 7.75. The van der Waals surface area contributed by atoms with E-state index in [9.17, 15) is 17.6 Å². The number of hydrogen-bond donors (Lipinski definition) is 4. The van der Waals surface area contributed by atoms with Crippen molar-refractivity contribution in [2.75, 3.05) is 41.7 Å². The maximum Gasteiger partial charge on any atom is 0.419 e. The fourth-order valence-corrected chi connectivity index (χ4v) is 3.70. The van der Waals surface area contributed by atoms with Crippen LogP contribution in [0.3, 0.4) is 0 Å². The Labute approximate surface area is 191 Å². The molecular weight excluding hydrogens is 452 g/mol. The standard InChI is InChI=1S/C22H20F4N8/c23-16-3-1-13(9-15(16)22(24,25)26)30-20-10-17-18(12-29-20)32-21(31-17)33-19-4-2-14(11-28-19)34-7-5-27-6-8-34/h1-4,9-12,27H,5-8H2,(H,29,30)(H2,28,31,32,33). The Morgan fingerprint density at radius 1 is 0.912 bits per heavy atom. The van der Waals surface area contributed by atoms with E-state index in [1.54, 1.807) is 12.3 Å². The summed E-state index contributed by atoms with van der Waals surface area (Å²) in [4.78, 5) is 18.4. The predicted molar refractivity (Wildman–Crippen MR) is 121 cm³/mol. The van der Waals surface area contributed by atoms with E-state index in [2.05, 4.69) is 40.8 Å². The van der Waals surface area contributed by atoms with E-state index in [0.29, 0.717) is 28.9 Å². The Bertz CT molecular complexity index is 1300. The molecule has 4 heterocycles. The molecule has 4 N–H and O–H groups in total. The molecule has 176 valence electrons. The summed E-state index contributed by atoms with van der Waals surface area (Å²) in [5.41, 5.74) is 0.922. The summed E-state index contributed by atoms with van der Waals surface area (Å²) in [5.74, 6) is -0.0180. The summed E-state index contributed by atoms with van der Waals surface area (Å²) < 4.78 is 52.4. The van der Waals surface area contributed by atoms with E-state index < -0.39 is 17.6 Å². The van der Waals surface area contributed by atoms with E-state index >= 15 is 0 Å². The Hall–Kier alpha value is -3.93. The van der Waals surface area contributed by atoms with Gasteiger partial charge < -0.3 is 25.8 Å². The molecule has 0 atom stereocenters. The zero-order chi connectivity index (χ0) is 23.7. The fourth-order valence-electron chi connectivity index (χ4n) is 3.70. The van der Waals surface area contributed by atoms with Gasteiger partial charge in [0.1, 0.15) is 17.5 Å². The van der Waals surface area contributed by atoms with Gasteiger partial charge in [0.05, 0.1) is 34.7 Å². The second kappa shape index (κ2) is 8.78. The largest absolute Gasteiger partial charge is 0.419 e. The molecule has 1 fully saturated rings. The van der Waals surface area contributed by atoms with Crippen molar-refractivity contribution < 1.29 is 17.6 Å². The number of pyridine rings is 2. The Morgan fingerprint density at radius 2 is 1.71 bits per heavy atom. The summed E-state index contributed by atoms with van der Waals surface area (Å²) in [6.45, 7) is 3.73. The first-order valence-corrected chi connectivity index (χ1v) is 10.5. The molecule has 5 rings (SSSR count). The average molecular weight is 472 g/mol. The van der Waals surface area contributed by atoms with Gasteiger partial charge in [0.15, 0.2) is 0 Å². The van der Waals surface area contributed by atoms with Gasteiger partial charge in [0.2, 0.25) is 5.95 Å². The number of aromatic amines is 1. The third-order valence-electron chi connectivity index (χ3n) is 5.39. The number of nitrogens with one attached hydrogen (secondary N) is 4.